The highest BCUT2D eigenvalue weighted by Crippen LogP contribution is 2.16. The van der Waals surface area contributed by atoms with E-state index < -0.39 is 5.97 Å². The minimum Gasteiger partial charge on any atom is -0.466 e. The summed E-state index contributed by atoms with van der Waals surface area (Å²) in [7, 11) is 0. The lowest BCUT2D eigenvalue weighted by Gasteiger charge is -2.26. The number of carbonyl (C=O) groups is 3. The Hall–Kier alpha value is -2.04. The number of hydrogen-bond donors (Lipinski definition) is 2. The van der Waals surface area contributed by atoms with E-state index in [1.165, 1.54) is 21.1 Å². The van der Waals surface area contributed by atoms with Crippen LogP contribution in [0.5, 0.6) is 0 Å². The van der Waals surface area contributed by atoms with Crippen molar-refractivity contribution in [3.8, 4) is 0 Å². The second-order valence-electron chi connectivity index (χ2n) is 6.91. The number of morpholine rings is 1. The van der Waals surface area contributed by atoms with Gasteiger partial charge in [-0.25, -0.2) is 4.98 Å². The molecule has 0 unspecified atom stereocenters. The number of nitrogens with one attached hydrogen (secondary N) is 2. The van der Waals surface area contributed by atoms with Crippen molar-refractivity contribution in [3.63, 3.8) is 0 Å². The number of aromatic nitrogens is 1. The number of ether oxygens (including phenoxy) is 2. The number of amides is 2. The summed E-state index contributed by atoms with van der Waals surface area (Å²) < 4.78 is 10.2. The van der Waals surface area contributed by atoms with Gasteiger partial charge in [-0.2, -0.15) is 0 Å². The summed E-state index contributed by atoms with van der Waals surface area (Å²) in [6.45, 7) is 8.68. The Bertz CT molecular complexity index is 675. The topological polar surface area (TPSA) is 102 Å². The minimum atomic E-state index is -0.402. The predicted octanol–water partition coefficient (Wildman–Crippen LogP) is -0.133. The van der Waals surface area contributed by atoms with Crippen molar-refractivity contribution in [3.05, 3.63) is 11.1 Å². The maximum Gasteiger partial charge on any atom is 0.306 e. The number of esters is 1. The van der Waals surface area contributed by atoms with E-state index in [4.69, 9.17) is 9.47 Å². The first-order valence-corrected chi connectivity index (χ1v) is 10.9. The summed E-state index contributed by atoms with van der Waals surface area (Å²) in [5.74, 6) is -0.913. The molecule has 1 aliphatic heterocycles. The molecule has 0 bridgehead atoms. The Morgan fingerprint density at radius 2 is 2.07 bits per heavy atom. The van der Waals surface area contributed by atoms with Crippen LogP contribution in [0.25, 0.3) is 0 Å². The van der Waals surface area contributed by atoms with E-state index in [0.29, 0.717) is 11.7 Å². The highest BCUT2D eigenvalue weighted by atomic mass is 32.1. The number of quaternary nitrogens is 1. The van der Waals surface area contributed by atoms with Crippen LogP contribution in [-0.4, -0.2) is 80.2 Å². The molecule has 1 aromatic heterocycles. The molecule has 0 spiro atoms. The van der Waals surface area contributed by atoms with Crippen molar-refractivity contribution in [1.82, 2.24) is 9.88 Å². The summed E-state index contributed by atoms with van der Waals surface area (Å²) >= 11 is 1.38. The molecule has 2 rings (SSSR count). The fourth-order valence-corrected chi connectivity index (χ4v) is 3.75. The van der Waals surface area contributed by atoms with Gasteiger partial charge in [0.2, 0.25) is 11.8 Å². The summed E-state index contributed by atoms with van der Waals surface area (Å²) in [6.07, 6.45) is 2.52. The average molecular weight is 428 g/mol. The molecule has 1 fully saturated rings. The molecule has 0 aliphatic carbocycles. The number of hydrogen-bond acceptors (Lipinski definition) is 7. The molecule has 2 N–H and O–H groups in total. The van der Waals surface area contributed by atoms with Crippen molar-refractivity contribution in [2.45, 2.75) is 33.1 Å². The standard InChI is InChI=1S/C19H30N4O5S/c1-3-28-18(26)6-5-17(25)23(8-4-7-22-9-11-27-12-10-22)14-16(24)21-19-20-13-15(2)29-19/h13H,3-12,14H2,1-2H3,(H,20,21,24)/p+1. The van der Waals surface area contributed by atoms with Gasteiger partial charge in [0.1, 0.15) is 13.1 Å². The lowest BCUT2D eigenvalue weighted by molar-refractivity contribution is -0.908. The molecular weight excluding hydrogens is 396 g/mol. The third-order valence-corrected chi connectivity index (χ3v) is 5.39. The van der Waals surface area contributed by atoms with Crippen LogP contribution < -0.4 is 10.2 Å². The summed E-state index contributed by atoms with van der Waals surface area (Å²) in [6, 6.07) is 0. The molecular formula is C19H31N4O5S+. The molecule has 2 amide bonds. The van der Waals surface area contributed by atoms with Gasteiger partial charge in [0.15, 0.2) is 5.13 Å². The molecule has 0 atom stereocenters. The first-order valence-electron chi connectivity index (χ1n) is 10.0. The maximum absolute atomic E-state index is 12.6. The molecule has 1 aliphatic rings. The molecule has 0 saturated carbocycles. The third-order valence-electron chi connectivity index (χ3n) is 4.56. The lowest BCUT2D eigenvalue weighted by atomic mass is 10.2. The van der Waals surface area contributed by atoms with Crippen LogP contribution in [0, 0.1) is 6.92 Å². The Morgan fingerprint density at radius 1 is 1.31 bits per heavy atom. The quantitative estimate of drug-likeness (QED) is 0.477. The molecule has 9 nitrogen and oxygen atoms in total. The van der Waals surface area contributed by atoms with Crippen molar-refractivity contribution >= 4 is 34.3 Å². The van der Waals surface area contributed by atoms with Gasteiger partial charge in [0.05, 0.1) is 39.3 Å². The Balaban J connectivity index is 1.86. The van der Waals surface area contributed by atoms with Gasteiger partial charge in [-0.05, 0) is 13.8 Å². The van der Waals surface area contributed by atoms with Gasteiger partial charge in [-0.3, -0.25) is 14.4 Å². The Labute approximate surface area is 175 Å². The number of rotatable bonds is 11. The van der Waals surface area contributed by atoms with Gasteiger partial charge >= 0.3 is 5.97 Å². The first-order chi connectivity index (χ1) is 14.0. The highest BCUT2D eigenvalue weighted by molar-refractivity contribution is 7.15. The van der Waals surface area contributed by atoms with E-state index in [-0.39, 0.29) is 37.8 Å². The smallest absolute Gasteiger partial charge is 0.306 e. The van der Waals surface area contributed by atoms with Gasteiger partial charge in [0, 0.05) is 30.5 Å². The first kappa shape index (κ1) is 23.2. The van der Waals surface area contributed by atoms with E-state index >= 15 is 0 Å². The van der Waals surface area contributed by atoms with Crippen LogP contribution in [-0.2, 0) is 23.9 Å². The number of carbonyl (C=O) groups excluding carboxylic acids is 3. The molecule has 29 heavy (non-hydrogen) atoms. The van der Waals surface area contributed by atoms with E-state index in [2.05, 4.69) is 10.3 Å². The molecule has 0 aromatic carbocycles. The zero-order valence-corrected chi connectivity index (χ0v) is 18.0. The van der Waals surface area contributed by atoms with Crippen molar-refractivity contribution in [1.29, 1.82) is 0 Å². The zero-order valence-electron chi connectivity index (χ0n) is 17.2. The number of thiazole rings is 1. The Kier molecular flexibility index (Phi) is 10.0. The molecule has 10 heteroatoms. The Morgan fingerprint density at radius 3 is 2.72 bits per heavy atom. The summed E-state index contributed by atoms with van der Waals surface area (Å²) in [5, 5.41) is 3.25. The van der Waals surface area contributed by atoms with Crippen LogP contribution in [0.3, 0.4) is 0 Å². The van der Waals surface area contributed by atoms with Gasteiger partial charge in [0.25, 0.3) is 0 Å². The van der Waals surface area contributed by atoms with Gasteiger partial charge in [-0.1, -0.05) is 0 Å². The fourth-order valence-electron chi connectivity index (χ4n) is 3.07. The number of aryl methyl sites for hydroxylation is 1. The van der Waals surface area contributed by atoms with Gasteiger partial charge in [-0.15, -0.1) is 11.3 Å². The third kappa shape index (κ3) is 8.88. The molecule has 0 radical (unpaired) electrons. The monoisotopic (exact) mass is 427 g/mol. The second-order valence-corrected chi connectivity index (χ2v) is 8.15. The zero-order chi connectivity index (χ0) is 21.1. The van der Waals surface area contributed by atoms with E-state index in [1.54, 1.807) is 13.1 Å². The van der Waals surface area contributed by atoms with Crippen LogP contribution >= 0.6 is 11.3 Å². The van der Waals surface area contributed by atoms with E-state index in [0.717, 1.165) is 44.1 Å². The van der Waals surface area contributed by atoms with Gasteiger partial charge < -0.3 is 24.6 Å². The molecule has 162 valence electrons. The van der Waals surface area contributed by atoms with E-state index in [1.807, 2.05) is 6.92 Å². The molecule has 2 heterocycles. The second kappa shape index (κ2) is 12.5. The van der Waals surface area contributed by atoms with E-state index in [9.17, 15) is 14.4 Å². The van der Waals surface area contributed by atoms with Crippen LogP contribution in [0.1, 0.15) is 31.1 Å². The highest BCUT2D eigenvalue weighted by Gasteiger charge is 2.20. The largest absolute Gasteiger partial charge is 0.466 e. The fraction of sp³-hybridized carbons (Fsp3) is 0.684. The van der Waals surface area contributed by atoms with Crippen LogP contribution in [0.2, 0.25) is 0 Å². The van der Waals surface area contributed by atoms with Crippen LogP contribution in [0.15, 0.2) is 6.20 Å². The van der Waals surface area contributed by atoms with Crippen molar-refractivity contribution in [2.24, 2.45) is 0 Å². The van der Waals surface area contributed by atoms with Crippen LogP contribution in [0.4, 0.5) is 5.13 Å². The summed E-state index contributed by atoms with van der Waals surface area (Å²) in [4.78, 5) is 44.7. The normalized spacial score (nSPS) is 14.4. The maximum atomic E-state index is 12.6. The minimum absolute atomic E-state index is 0.0190. The lowest BCUT2D eigenvalue weighted by Crippen LogP contribution is -3.14. The number of anilines is 1. The van der Waals surface area contributed by atoms with Crippen molar-refractivity contribution < 1.29 is 28.8 Å². The molecule has 1 saturated heterocycles. The SMILES string of the molecule is CCOC(=O)CCC(=O)N(CCC[NH+]1CCOCC1)CC(=O)Nc1ncc(C)s1. The molecule has 1 aromatic rings. The van der Waals surface area contributed by atoms with Crippen molar-refractivity contribution in [2.75, 3.05) is 57.9 Å². The number of nitrogens with zero attached hydrogens (tertiary/aromatic N) is 2. The average Bonchev–Trinajstić information content (AvgIpc) is 3.11. The summed E-state index contributed by atoms with van der Waals surface area (Å²) in [5.41, 5.74) is 0. The predicted molar refractivity (Wildman–Crippen MR) is 109 cm³/mol.